The second-order valence-electron chi connectivity index (χ2n) is 3.10. The summed E-state index contributed by atoms with van der Waals surface area (Å²) in [5.41, 5.74) is 1.01. The predicted octanol–water partition coefficient (Wildman–Crippen LogP) is 3.45. The zero-order valence-electron chi connectivity index (χ0n) is 9.18. The highest BCUT2D eigenvalue weighted by Crippen LogP contribution is 2.48. The molecule has 1 rings (SSSR count). The first-order valence-electron chi connectivity index (χ1n) is 5.12. The monoisotopic (exact) mass is 228 g/mol. The Hall–Kier alpha value is -0.630. The maximum atomic E-state index is 11.9. The highest BCUT2D eigenvalue weighted by Gasteiger charge is 2.20. The van der Waals surface area contributed by atoms with E-state index in [2.05, 4.69) is 0 Å². The van der Waals surface area contributed by atoms with Gasteiger partial charge in [-0.05, 0) is 12.5 Å². The maximum Gasteiger partial charge on any atom is 0.330 e. The lowest BCUT2D eigenvalue weighted by atomic mass is 10.2. The summed E-state index contributed by atoms with van der Waals surface area (Å²) in [6, 6.07) is 9.66. The first-order valence-corrected chi connectivity index (χ1v) is 6.85. The Labute approximate surface area is 90.9 Å². The number of benzene rings is 1. The molecule has 1 aromatic rings. The lowest BCUT2D eigenvalue weighted by molar-refractivity contribution is 0.206. The van der Waals surface area contributed by atoms with Crippen LogP contribution < -0.4 is 0 Å². The minimum absolute atomic E-state index is 0.339. The van der Waals surface area contributed by atoms with Gasteiger partial charge in [0.15, 0.2) is 0 Å². The standard InChI is InChI=1S/C11H17O3P/c1-3-13-15(12,4-2)14-10-11-8-6-5-7-9-11/h5-9H,3-4,10H2,1-2H3. The highest BCUT2D eigenvalue weighted by atomic mass is 31.2. The van der Waals surface area contributed by atoms with Crippen LogP contribution in [0.15, 0.2) is 30.3 Å². The van der Waals surface area contributed by atoms with Gasteiger partial charge in [0.2, 0.25) is 0 Å². The molecule has 0 fully saturated rings. The van der Waals surface area contributed by atoms with Crippen LogP contribution in [0.25, 0.3) is 0 Å². The van der Waals surface area contributed by atoms with Crippen molar-refractivity contribution in [2.75, 3.05) is 12.8 Å². The summed E-state index contributed by atoms with van der Waals surface area (Å²) in [5, 5.41) is 0. The van der Waals surface area contributed by atoms with Crippen LogP contribution in [0.5, 0.6) is 0 Å². The zero-order valence-corrected chi connectivity index (χ0v) is 10.1. The van der Waals surface area contributed by atoms with Gasteiger partial charge >= 0.3 is 7.60 Å². The molecule has 0 amide bonds. The molecule has 1 atom stereocenters. The van der Waals surface area contributed by atoms with Gasteiger partial charge in [0, 0.05) is 6.16 Å². The molecule has 15 heavy (non-hydrogen) atoms. The fraction of sp³-hybridized carbons (Fsp3) is 0.455. The minimum Gasteiger partial charge on any atom is -0.309 e. The van der Waals surface area contributed by atoms with Crippen LogP contribution in [0.1, 0.15) is 19.4 Å². The lowest BCUT2D eigenvalue weighted by Gasteiger charge is -2.15. The fourth-order valence-electron chi connectivity index (χ4n) is 1.16. The molecule has 0 aliphatic heterocycles. The Morgan fingerprint density at radius 2 is 1.80 bits per heavy atom. The molecular weight excluding hydrogens is 211 g/mol. The lowest BCUT2D eigenvalue weighted by Crippen LogP contribution is -1.98. The average molecular weight is 228 g/mol. The van der Waals surface area contributed by atoms with E-state index in [1.165, 1.54) is 0 Å². The first-order chi connectivity index (χ1) is 7.20. The minimum atomic E-state index is -2.87. The topological polar surface area (TPSA) is 35.5 Å². The summed E-state index contributed by atoms with van der Waals surface area (Å²) in [6.07, 6.45) is 0.410. The third-order valence-corrected chi connectivity index (χ3v) is 3.93. The molecule has 0 saturated carbocycles. The van der Waals surface area contributed by atoms with Crippen molar-refractivity contribution in [2.24, 2.45) is 0 Å². The van der Waals surface area contributed by atoms with E-state index in [4.69, 9.17) is 9.05 Å². The van der Waals surface area contributed by atoms with Crippen molar-refractivity contribution < 1.29 is 13.6 Å². The molecule has 0 aromatic heterocycles. The van der Waals surface area contributed by atoms with Gasteiger partial charge in [0.05, 0.1) is 13.2 Å². The van der Waals surface area contributed by atoms with Gasteiger partial charge < -0.3 is 9.05 Å². The van der Waals surface area contributed by atoms with Crippen LogP contribution in [-0.4, -0.2) is 12.8 Å². The molecule has 0 aliphatic rings. The molecule has 0 radical (unpaired) electrons. The maximum absolute atomic E-state index is 11.9. The number of hydrogen-bond donors (Lipinski definition) is 0. The van der Waals surface area contributed by atoms with Crippen molar-refractivity contribution in [1.29, 1.82) is 0 Å². The summed E-state index contributed by atoms with van der Waals surface area (Å²) in [7, 11) is -2.87. The van der Waals surface area contributed by atoms with E-state index < -0.39 is 7.60 Å². The Kier molecular flexibility index (Phi) is 5.03. The summed E-state index contributed by atoms with van der Waals surface area (Å²) >= 11 is 0. The van der Waals surface area contributed by atoms with Crippen molar-refractivity contribution in [3.8, 4) is 0 Å². The van der Waals surface area contributed by atoms with Crippen molar-refractivity contribution in [3.05, 3.63) is 35.9 Å². The van der Waals surface area contributed by atoms with E-state index in [9.17, 15) is 4.57 Å². The average Bonchev–Trinajstić information content (AvgIpc) is 2.28. The van der Waals surface area contributed by atoms with E-state index in [0.717, 1.165) is 5.56 Å². The third kappa shape index (κ3) is 4.17. The summed E-state index contributed by atoms with van der Waals surface area (Å²) in [5.74, 6) is 0. The van der Waals surface area contributed by atoms with Gasteiger partial charge in [-0.1, -0.05) is 37.3 Å². The van der Waals surface area contributed by atoms with Crippen LogP contribution in [0.4, 0.5) is 0 Å². The molecule has 1 aromatic carbocycles. The van der Waals surface area contributed by atoms with Crippen LogP contribution in [0.3, 0.4) is 0 Å². The van der Waals surface area contributed by atoms with Crippen molar-refractivity contribution in [3.63, 3.8) is 0 Å². The number of hydrogen-bond acceptors (Lipinski definition) is 3. The van der Waals surface area contributed by atoms with Crippen LogP contribution in [0, 0.1) is 0 Å². The van der Waals surface area contributed by atoms with Gasteiger partial charge in [-0.3, -0.25) is 4.57 Å². The van der Waals surface area contributed by atoms with E-state index in [0.29, 0.717) is 19.4 Å². The van der Waals surface area contributed by atoms with Gasteiger partial charge in [0.25, 0.3) is 0 Å². The van der Waals surface area contributed by atoms with Crippen LogP contribution in [-0.2, 0) is 20.2 Å². The molecule has 0 bridgehead atoms. The van der Waals surface area contributed by atoms with E-state index >= 15 is 0 Å². The molecular formula is C11H17O3P. The third-order valence-electron chi connectivity index (χ3n) is 1.98. The SMILES string of the molecule is CCOP(=O)(CC)OCc1ccccc1. The van der Waals surface area contributed by atoms with Gasteiger partial charge in [-0.25, -0.2) is 0 Å². The van der Waals surface area contributed by atoms with Crippen molar-refractivity contribution >= 4 is 7.60 Å². The summed E-state index contributed by atoms with van der Waals surface area (Å²) in [4.78, 5) is 0. The summed E-state index contributed by atoms with van der Waals surface area (Å²) in [6.45, 7) is 4.38. The van der Waals surface area contributed by atoms with E-state index in [1.54, 1.807) is 6.92 Å². The molecule has 0 heterocycles. The second-order valence-corrected chi connectivity index (χ2v) is 5.47. The Morgan fingerprint density at radius 1 is 1.13 bits per heavy atom. The second kappa shape index (κ2) is 6.06. The van der Waals surface area contributed by atoms with Gasteiger partial charge in [-0.2, -0.15) is 0 Å². The van der Waals surface area contributed by atoms with Gasteiger partial charge in [-0.15, -0.1) is 0 Å². The molecule has 3 nitrogen and oxygen atoms in total. The smallest absolute Gasteiger partial charge is 0.309 e. The van der Waals surface area contributed by atoms with E-state index in [1.807, 2.05) is 37.3 Å². The predicted molar refractivity (Wildman–Crippen MR) is 61.0 cm³/mol. The zero-order chi connectivity index (χ0) is 11.1. The van der Waals surface area contributed by atoms with Crippen molar-refractivity contribution in [2.45, 2.75) is 20.5 Å². The highest BCUT2D eigenvalue weighted by molar-refractivity contribution is 7.53. The molecule has 0 saturated heterocycles. The number of rotatable bonds is 6. The fourth-order valence-corrected chi connectivity index (χ4v) is 2.34. The van der Waals surface area contributed by atoms with Crippen LogP contribution in [0.2, 0.25) is 0 Å². The molecule has 1 unspecified atom stereocenters. The first kappa shape index (κ1) is 12.4. The van der Waals surface area contributed by atoms with E-state index in [-0.39, 0.29) is 0 Å². The Morgan fingerprint density at radius 3 is 2.33 bits per heavy atom. The molecule has 0 aliphatic carbocycles. The Balaban J connectivity index is 2.51. The Bertz CT molecular complexity index is 324. The molecule has 84 valence electrons. The van der Waals surface area contributed by atoms with Crippen LogP contribution >= 0.6 is 7.60 Å². The quantitative estimate of drug-likeness (QED) is 0.699. The van der Waals surface area contributed by atoms with Crippen molar-refractivity contribution in [1.82, 2.24) is 0 Å². The normalized spacial score (nSPS) is 14.8. The molecule has 0 N–H and O–H groups in total. The molecule has 4 heteroatoms. The summed E-state index contributed by atoms with van der Waals surface area (Å²) < 4.78 is 22.4. The molecule has 0 spiro atoms. The van der Waals surface area contributed by atoms with Gasteiger partial charge in [0.1, 0.15) is 0 Å². The largest absolute Gasteiger partial charge is 0.330 e.